The number of aliphatic hydroxyl groups excluding tert-OH is 1. The first-order valence-electron chi connectivity index (χ1n) is 21.6. The van der Waals surface area contributed by atoms with Crippen molar-refractivity contribution in [2.75, 3.05) is 64.1 Å². The third-order valence-electron chi connectivity index (χ3n) is 12.0. The van der Waals surface area contributed by atoms with Crippen molar-refractivity contribution in [1.82, 2.24) is 40.3 Å². The average Bonchev–Trinajstić information content (AvgIpc) is 3.70. The monoisotopic (exact) mass is 950 g/mol. The Morgan fingerprint density at radius 2 is 1.82 bits per heavy atom. The first-order chi connectivity index (χ1) is 31.0. The number of hydrogen-bond donors (Lipinski definition) is 5. The van der Waals surface area contributed by atoms with Crippen molar-refractivity contribution in [2.45, 2.75) is 87.4 Å². The summed E-state index contributed by atoms with van der Waals surface area (Å²) in [6.45, 7) is 10.6. The zero-order valence-electron chi connectivity index (χ0n) is 37.3. The maximum Gasteiger partial charge on any atom is 0.258 e. The first-order valence-corrected chi connectivity index (χ1v) is 23.7. The number of piperazine rings is 1. The van der Waals surface area contributed by atoms with Crippen LogP contribution >= 0.6 is 34.7 Å². The molecule has 4 heterocycles. The van der Waals surface area contributed by atoms with Crippen molar-refractivity contribution in [3.8, 4) is 16.2 Å². The van der Waals surface area contributed by atoms with Crippen molar-refractivity contribution in [3.63, 3.8) is 0 Å². The number of ether oxygens (including phenoxy) is 1. The molecule has 0 unspecified atom stereocenters. The van der Waals surface area contributed by atoms with Gasteiger partial charge in [-0.05, 0) is 62.9 Å². The molecule has 4 amide bonds. The number of nitrogens with zero attached hydrogens (tertiary/aromatic N) is 6. The summed E-state index contributed by atoms with van der Waals surface area (Å²) in [5, 5.41) is 22.8. The quantitative estimate of drug-likeness (QED) is 0.0920. The smallest absolute Gasteiger partial charge is 0.258 e. The van der Waals surface area contributed by atoms with Crippen LogP contribution in [0.25, 0.3) is 10.4 Å². The molecule has 20 heteroatoms. The summed E-state index contributed by atoms with van der Waals surface area (Å²) in [5.74, 6) is -0.750. The van der Waals surface area contributed by atoms with Gasteiger partial charge < -0.3 is 40.9 Å². The molecular weight excluding hydrogens is 895 g/mol. The Kier molecular flexibility index (Phi) is 14.9. The van der Waals surface area contributed by atoms with E-state index in [1.165, 1.54) is 30.0 Å². The minimum atomic E-state index is -2.04. The summed E-state index contributed by atoms with van der Waals surface area (Å²) in [6.07, 6.45) is 0.705. The normalized spacial score (nSPS) is 19.3. The number of β-amino-alcohol motifs (C(OH)–C–C–N with tert-alkyl or cyclic N) is 1. The van der Waals surface area contributed by atoms with Gasteiger partial charge in [-0.25, -0.2) is 14.4 Å². The molecule has 5 N–H and O–H groups in total. The summed E-state index contributed by atoms with van der Waals surface area (Å²) in [5.41, 5.74) is 3.64. The maximum absolute atomic E-state index is 15.2. The van der Waals surface area contributed by atoms with Crippen molar-refractivity contribution in [3.05, 3.63) is 76.0 Å². The molecule has 65 heavy (non-hydrogen) atoms. The van der Waals surface area contributed by atoms with E-state index in [0.717, 1.165) is 21.7 Å². The van der Waals surface area contributed by atoms with Crippen LogP contribution in [0.4, 0.5) is 21.8 Å². The molecule has 4 aromatic rings. The van der Waals surface area contributed by atoms with Crippen LogP contribution in [0.3, 0.4) is 0 Å². The molecule has 4 atom stereocenters. The van der Waals surface area contributed by atoms with Crippen LogP contribution in [0.1, 0.15) is 61.6 Å². The highest BCUT2D eigenvalue weighted by Crippen LogP contribution is 2.41. The van der Waals surface area contributed by atoms with E-state index in [2.05, 4.69) is 41.1 Å². The molecule has 0 spiro atoms. The SMILES string of the molecule is CNc1nc(Nc2ccc(C(=O)N3CCN(C[C@H](C)SC(C)(C)[C@H](NC(=O)C4(F)CC4)C(=O)N4C[C@H](O)C[C@@H]4C(=O)NCc4ccc(-c5scnc5C)cc4)CC3)cc2OC)ncc1Cl. The van der Waals surface area contributed by atoms with E-state index in [1.807, 2.05) is 52.0 Å². The molecule has 0 bridgehead atoms. The van der Waals surface area contributed by atoms with Gasteiger partial charge in [0.1, 0.15) is 28.7 Å². The second-order valence-corrected chi connectivity index (χ2v) is 20.6. The molecule has 0 radical (unpaired) electrons. The van der Waals surface area contributed by atoms with Crippen LogP contribution in [0.15, 0.2) is 54.2 Å². The van der Waals surface area contributed by atoms with Gasteiger partial charge in [-0.3, -0.25) is 24.1 Å². The number of carbonyl (C=O) groups is 4. The van der Waals surface area contributed by atoms with Crippen molar-refractivity contribution in [2.24, 2.45) is 0 Å². The van der Waals surface area contributed by atoms with E-state index < -0.39 is 46.3 Å². The number of thiazole rings is 1. The summed E-state index contributed by atoms with van der Waals surface area (Å²) >= 11 is 9.17. The number of aromatic nitrogens is 3. The highest BCUT2D eigenvalue weighted by Gasteiger charge is 2.54. The fourth-order valence-electron chi connectivity index (χ4n) is 8.22. The Hall–Kier alpha value is -5.08. The number of hydrogen-bond acceptors (Lipinski definition) is 14. The first kappa shape index (κ1) is 47.9. The number of carbonyl (C=O) groups excluding carboxylic acids is 4. The van der Waals surface area contributed by atoms with Gasteiger partial charge in [0, 0.05) is 74.8 Å². The molecule has 16 nitrogen and oxygen atoms in total. The number of alkyl halides is 1. The van der Waals surface area contributed by atoms with Gasteiger partial charge in [-0.2, -0.15) is 4.98 Å². The average molecular weight is 952 g/mol. The van der Waals surface area contributed by atoms with E-state index in [1.54, 1.807) is 47.0 Å². The molecule has 2 aliphatic heterocycles. The number of benzene rings is 2. The number of aryl methyl sites for hydroxylation is 1. The molecule has 2 saturated heterocycles. The molecule has 2 aromatic carbocycles. The topological polar surface area (TPSA) is 194 Å². The summed E-state index contributed by atoms with van der Waals surface area (Å²) in [7, 11) is 3.23. The predicted molar refractivity (Wildman–Crippen MR) is 252 cm³/mol. The number of anilines is 3. The largest absolute Gasteiger partial charge is 0.495 e. The number of likely N-dealkylation sites (tertiary alicyclic amines) is 1. The Morgan fingerprint density at radius 1 is 1.09 bits per heavy atom. The van der Waals surface area contributed by atoms with Gasteiger partial charge >= 0.3 is 0 Å². The van der Waals surface area contributed by atoms with Gasteiger partial charge in [0.15, 0.2) is 5.67 Å². The molecule has 3 fully saturated rings. The van der Waals surface area contributed by atoms with Crippen LogP contribution in [-0.2, 0) is 20.9 Å². The minimum Gasteiger partial charge on any atom is -0.495 e. The lowest BCUT2D eigenvalue weighted by molar-refractivity contribution is -0.143. The van der Waals surface area contributed by atoms with Gasteiger partial charge in [0.25, 0.3) is 11.8 Å². The summed E-state index contributed by atoms with van der Waals surface area (Å²) in [4.78, 5) is 74.5. The van der Waals surface area contributed by atoms with Crippen LogP contribution in [0.5, 0.6) is 5.75 Å². The lowest BCUT2D eigenvalue weighted by atomic mass is 10.00. The van der Waals surface area contributed by atoms with Crippen LogP contribution in [0, 0.1) is 6.92 Å². The predicted octanol–water partition coefficient (Wildman–Crippen LogP) is 5.28. The van der Waals surface area contributed by atoms with Gasteiger partial charge in [-0.1, -0.05) is 42.8 Å². The fraction of sp³-hybridized carbons (Fsp3) is 0.489. The molecular formula is C45H56ClFN10O6S2. The second-order valence-electron chi connectivity index (χ2n) is 17.3. The van der Waals surface area contributed by atoms with Crippen LogP contribution < -0.4 is 26.0 Å². The van der Waals surface area contributed by atoms with Crippen molar-refractivity contribution < 1.29 is 33.4 Å². The number of amides is 4. The van der Waals surface area contributed by atoms with Crippen LogP contribution in [0.2, 0.25) is 5.02 Å². The Bertz CT molecular complexity index is 2380. The molecule has 7 rings (SSSR count). The standard InChI is InChI=1S/C45H56ClFN10O6S2/c1-26(23-55-15-17-56(18-16-55)40(60)30-11-12-33(35(19-30)63-6)52-43-50-22-32(46)38(48-5)54-43)65-44(3,4)37(53-42(62)45(47)13-14-45)41(61)57-24-31(58)20-34(57)39(59)49-21-28-7-9-29(10-8-28)36-27(2)51-25-64-36/h7-12,19,22,25-26,31,34,37,58H,13-18,20-21,23-24H2,1-6H3,(H,49,59)(H,53,62)(H2,48,50,52,54)/t26-,31+,34+,37+/m0/s1. The van der Waals surface area contributed by atoms with Crippen molar-refractivity contribution in [1.29, 1.82) is 0 Å². The number of nitrogens with one attached hydrogen (secondary N) is 4. The van der Waals surface area contributed by atoms with E-state index in [0.29, 0.717) is 66.5 Å². The fourth-order valence-corrected chi connectivity index (χ4v) is 10.8. The molecule has 1 saturated carbocycles. The summed E-state index contributed by atoms with van der Waals surface area (Å²) in [6, 6.07) is 10.8. The van der Waals surface area contributed by atoms with E-state index in [-0.39, 0.29) is 43.5 Å². The van der Waals surface area contributed by atoms with E-state index in [9.17, 15) is 24.3 Å². The summed E-state index contributed by atoms with van der Waals surface area (Å²) < 4.78 is 19.8. The number of thioether (sulfide) groups is 1. The highest BCUT2D eigenvalue weighted by molar-refractivity contribution is 8.01. The third-order valence-corrected chi connectivity index (χ3v) is 14.6. The molecule has 348 valence electrons. The lowest BCUT2D eigenvalue weighted by Gasteiger charge is -2.40. The lowest BCUT2D eigenvalue weighted by Crippen LogP contribution is -2.61. The molecule has 2 aromatic heterocycles. The Balaban J connectivity index is 0.952. The molecule has 3 aliphatic rings. The number of methoxy groups -OCH3 is 1. The van der Waals surface area contributed by atoms with E-state index in [4.69, 9.17) is 16.3 Å². The third kappa shape index (κ3) is 11.3. The van der Waals surface area contributed by atoms with E-state index >= 15 is 4.39 Å². The van der Waals surface area contributed by atoms with Gasteiger partial charge in [0.05, 0.1) is 41.2 Å². The van der Waals surface area contributed by atoms with Gasteiger partial charge in [0.2, 0.25) is 17.8 Å². The number of rotatable bonds is 17. The van der Waals surface area contributed by atoms with Gasteiger partial charge in [-0.15, -0.1) is 23.1 Å². The zero-order chi connectivity index (χ0) is 46.6. The molecule has 1 aliphatic carbocycles. The zero-order valence-corrected chi connectivity index (χ0v) is 39.7. The number of aliphatic hydroxyl groups is 1. The van der Waals surface area contributed by atoms with Crippen LogP contribution in [-0.4, -0.2) is 146 Å². The highest BCUT2D eigenvalue weighted by atomic mass is 35.5. The number of halogens is 2. The minimum absolute atomic E-state index is 0.0288. The Labute approximate surface area is 391 Å². The second kappa shape index (κ2) is 20.2. The Morgan fingerprint density at radius 3 is 2.46 bits per heavy atom. The van der Waals surface area contributed by atoms with Crippen molar-refractivity contribution >= 4 is 75.8 Å². The maximum atomic E-state index is 15.2.